The highest BCUT2D eigenvalue weighted by atomic mass is 15.3. The minimum absolute atomic E-state index is 0.622. The van der Waals surface area contributed by atoms with Crippen LogP contribution in [0.2, 0.25) is 0 Å². The van der Waals surface area contributed by atoms with E-state index in [-0.39, 0.29) is 0 Å². The number of nitrogens with one attached hydrogen (secondary N) is 2. The maximum Gasteiger partial charge on any atom is 0.145 e. The number of hydrogen-bond donors (Lipinski definition) is 3. The molecule has 4 N–H and O–H groups in total. The van der Waals surface area contributed by atoms with Gasteiger partial charge in [0.15, 0.2) is 0 Å². The van der Waals surface area contributed by atoms with Crippen LogP contribution in [0.4, 0.5) is 11.6 Å². The Bertz CT molecular complexity index is 287. The third-order valence-electron chi connectivity index (χ3n) is 2.08. The van der Waals surface area contributed by atoms with E-state index in [2.05, 4.69) is 34.6 Å². The Hall–Kier alpha value is -1.36. The number of nitrogens with zero attached hydrogens (tertiary/aromatic N) is 2. The van der Waals surface area contributed by atoms with E-state index < -0.39 is 0 Å². The van der Waals surface area contributed by atoms with Crippen LogP contribution in [0, 0.1) is 5.92 Å². The van der Waals surface area contributed by atoms with Gasteiger partial charge in [-0.1, -0.05) is 13.8 Å². The largest absolute Gasteiger partial charge is 0.370 e. The second-order valence-electron chi connectivity index (χ2n) is 3.90. The molecule has 0 atom stereocenters. The van der Waals surface area contributed by atoms with Crippen LogP contribution in [0.5, 0.6) is 0 Å². The van der Waals surface area contributed by atoms with Crippen molar-refractivity contribution in [1.29, 1.82) is 0 Å². The lowest BCUT2D eigenvalue weighted by molar-refractivity contribution is 0.566. The minimum atomic E-state index is 0.622. The van der Waals surface area contributed by atoms with Crippen molar-refractivity contribution < 1.29 is 0 Å². The molecule has 0 amide bonds. The molecule has 0 bridgehead atoms. The van der Waals surface area contributed by atoms with E-state index in [1.54, 1.807) is 6.07 Å². The van der Waals surface area contributed by atoms with Gasteiger partial charge in [-0.2, -0.15) is 0 Å². The lowest BCUT2D eigenvalue weighted by atomic mass is 10.1. The molecular weight excluding hydrogens is 190 g/mol. The van der Waals surface area contributed by atoms with Crippen LogP contribution in [0.1, 0.15) is 26.7 Å². The molecule has 1 aromatic heterocycles. The fourth-order valence-electron chi connectivity index (χ4n) is 1.26. The first-order chi connectivity index (χ1) is 7.22. The van der Waals surface area contributed by atoms with Gasteiger partial charge in [0.2, 0.25) is 0 Å². The third kappa shape index (κ3) is 4.60. The summed E-state index contributed by atoms with van der Waals surface area (Å²) >= 11 is 0. The Morgan fingerprint density at radius 3 is 2.73 bits per heavy atom. The molecule has 5 nitrogen and oxygen atoms in total. The molecule has 1 aromatic rings. The highest BCUT2D eigenvalue weighted by Crippen LogP contribution is 2.08. The number of anilines is 2. The van der Waals surface area contributed by atoms with Crippen LogP contribution < -0.4 is 16.6 Å². The van der Waals surface area contributed by atoms with Crippen LogP contribution in [0.25, 0.3) is 0 Å². The first-order valence-corrected chi connectivity index (χ1v) is 5.25. The quantitative estimate of drug-likeness (QED) is 0.377. The van der Waals surface area contributed by atoms with Crippen molar-refractivity contribution in [3.05, 3.63) is 12.4 Å². The standard InChI is InChI=1S/C10H19N5/c1-8(2)4-3-5-12-9-6-10(15-11)14-7-13-9/h6-8H,3-5,11H2,1-2H3,(H2,12,13,14,15). The van der Waals surface area contributed by atoms with E-state index in [0.29, 0.717) is 5.82 Å². The Balaban J connectivity index is 2.30. The fourth-order valence-corrected chi connectivity index (χ4v) is 1.26. The SMILES string of the molecule is CC(C)CCCNc1cc(NN)ncn1. The molecule has 0 aliphatic rings. The van der Waals surface area contributed by atoms with E-state index in [9.17, 15) is 0 Å². The van der Waals surface area contributed by atoms with Gasteiger partial charge in [0.25, 0.3) is 0 Å². The van der Waals surface area contributed by atoms with Crippen molar-refractivity contribution in [3.8, 4) is 0 Å². The van der Waals surface area contributed by atoms with Gasteiger partial charge < -0.3 is 10.7 Å². The van der Waals surface area contributed by atoms with E-state index in [1.165, 1.54) is 12.7 Å². The average molecular weight is 209 g/mol. The molecule has 0 spiro atoms. The van der Waals surface area contributed by atoms with E-state index in [4.69, 9.17) is 5.84 Å². The lowest BCUT2D eigenvalue weighted by Gasteiger charge is -2.07. The van der Waals surface area contributed by atoms with Crippen molar-refractivity contribution in [2.45, 2.75) is 26.7 Å². The minimum Gasteiger partial charge on any atom is -0.370 e. The molecule has 0 unspecified atom stereocenters. The topological polar surface area (TPSA) is 75.9 Å². The lowest BCUT2D eigenvalue weighted by Crippen LogP contribution is -2.10. The van der Waals surface area contributed by atoms with Gasteiger partial charge in [0.05, 0.1) is 0 Å². The Kier molecular flexibility index (Phi) is 4.83. The maximum absolute atomic E-state index is 5.25. The van der Waals surface area contributed by atoms with Crippen LogP contribution in [-0.4, -0.2) is 16.5 Å². The maximum atomic E-state index is 5.25. The van der Waals surface area contributed by atoms with Crippen LogP contribution >= 0.6 is 0 Å². The van der Waals surface area contributed by atoms with Crippen molar-refractivity contribution in [1.82, 2.24) is 9.97 Å². The van der Waals surface area contributed by atoms with E-state index >= 15 is 0 Å². The zero-order valence-corrected chi connectivity index (χ0v) is 9.33. The predicted molar refractivity (Wildman–Crippen MR) is 62.4 cm³/mol. The van der Waals surface area contributed by atoms with Gasteiger partial charge in [-0.25, -0.2) is 15.8 Å². The van der Waals surface area contributed by atoms with Gasteiger partial charge in [0.1, 0.15) is 18.0 Å². The van der Waals surface area contributed by atoms with E-state index in [0.717, 1.165) is 24.7 Å². The number of rotatable bonds is 6. The summed E-state index contributed by atoms with van der Waals surface area (Å²) in [6.45, 7) is 5.38. The van der Waals surface area contributed by atoms with Crippen LogP contribution in [-0.2, 0) is 0 Å². The summed E-state index contributed by atoms with van der Waals surface area (Å²) in [5.41, 5.74) is 2.48. The second kappa shape index (κ2) is 6.19. The predicted octanol–water partition coefficient (Wildman–Crippen LogP) is 1.61. The molecule has 0 saturated heterocycles. The van der Waals surface area contributed by atoms with Gasteiger partial charge in [-0.05, 0) is 18.8 Å². The summed E-state index contributed by atoms with van der Waals surface area (Å²) in [5.74, 6) is 7.42. The summed E-state index contributed by atoms with van der Waals surface area (Å²) in [4.78, 5) is 8.01. The summed E-state index contributed by atoms with van der Waals surface area (Å²) in [7, 11) is 0. The third-order valence-corrected chi connectivity index (χ3v) is 2.08. The van der Waals surface area contributed by atoms with Crippen molar-refractivity contribution in [2.24, 2.45) is 11.8 Å². The smallest absolute Gasteiger partial charge is 0.145 e. The Morgan fingerprint density at radius 2 is 2.07 bits per heavy atom. The molecule has 0 radical (unpaired) electrons. The van der Waals surface area contributed by atoms with E-state index in [1.807, 2.05) is 0 Å². The van der Waals surface area contributed by atoms with Gasteiger partial charge in [-0.15, -0.1) is 0 Å². The normalized spacial score (nSPS) is 10.4. The summed E-state index contributed by atoms with van der Waals surface area (Å²) in [5, 5.41) is 3.23. The zero-order valence-electron chi connectivity index (χ0n) is 9.33. The average Bonchev–Trinajstić information content (AvgIpc) is 2.24. The first kappa shape index (κ1) is 11.7. The van der Waals surface area contributed by atoms with Gasteiger partial charge in [-0.3, -0.25) is 0 Å². The Morgan fingerprint density at radius 1 is 1.33 bits per heavy atom. The van der Waals surface area contributed by atoms with Gasteiger partial charge >= 0.3 is 0 Å². The summed E-state index contributed by atoms with van der Waals surface area (Å²) < 4.78 is 0. The molecule has 0 aromatic carbocycles. The number of aromatic nitrogens is 2. The first-order valence-electron chi connectivity index (χ1n) is 5.25. The molecule has 0 aliphatic heterocycles. The van der Waals surface area contributed by atoms with Gasteiger partial charge in [0, 0.05) is 12.6 Å². The summed E-state index contributed by atoms with van der Waals surface area (Å²) in [6, 6.07) is 1.79. The summed E-state index contributed by atoms with van der Waals surface area (Å²) in [6.07, 6.45) is 3.85. The highest BCUT2D eigenvalue weighted by Gasteiger charge is 1.97. The molecule has 0 saturated carbocycles. The molecule has 0 aliphatic carbocycles. The number of hydrogen-bond acceptors (Lipinski definition) is 5. The second-order valence-corrected chi connectivity index (χ2v) is 3.90. The van der Waals surface area contributed by atoms with Crippen molar-refractivity contribution in [3.63, 3.8) is 0 Å². The van der Waals surface area contributed by atoms with Crippen LogP contribution in [0.15, 0.2) is 12.4 Å². The number of nitrogens with two attached hydrogens (primary N) is 1. The molecule has 84 valence electrons. The molecule has 5 heteroatoms. The van der Waals surface area contributed by atoms with Crippen molar-refractivity contribution >= 4 is 11.6 Å². The number of hydrazine groups is 1. The fraction of sp³-hybridized carbons (Fsp3) is 0.600. The monoisotopic (exact) mass is 209 g/mol. The molecule has 1 rings (SSSR count). The molecule has 0 fully saturated rings. The highest BCUT2D eigenvalue weighted by molar-refractivity contribution is 5.45. The zero-order chi connectivity index (χ0) is 11.1. The Labute approximate surface area is 90.5 Å². The molecule has 1 heterocycles. The molecular formula is C10H19N5. The molecule has 15 heavy (non-hydrogen) atoms. The number of nitrogen functional groups attached to an aromatic ring is 1. The van der Waals surface area contributed by atoms with Crippen molar-refractivity contribution in [2.75, 3.05) is 17.3 Å². The van der Waals surface area contributed by atoms with Crippen LogP contribution in [0.3, 0.4) is 0 Å².